The summed E-state index contributed by atoms with van der Waals surface area (Å²) in [6.07, 6.45) is 1.92. The summed E-state index contributed by atoms with van der Waals surface area (Å²) in [4.78, 5) is 16.9. The summed E-state index contributed by atoms with van der Waals surface area (Å²) in [7, 11) is 3.24. The number of methoxy groups -OCH3 is 1. The van der Waals surface area contributed by atoms with E-state index in [1.807, 2.05) is 11.9 Å². The summed E-state index contributed by atoms with van der Waals surface area (Å²) >= 11 is 5.71. The fraction of sp³-hybridized carbons (Fsp3) is 0.400. The predicted octanol–water partition coefficient (Wildman–Crippen LogP) is 1.73. The minimum atomic E-state index is -0.226. The lowest BCUT2D eigenvalue weighted by atomic mass is 10.3. The third kappa shape index (κ3) is 3.75. The number of aromatic nitrogens is 1. The molecule has 1 rings (SSSR count). The molecule has 1 aromatic rings. The molecule has 1 aromatic heterocycles. The van der Waals surface area contributed by atoms with Gasteiger partial charge in [0.05, 0.1) is 18.6 Å². The zero-order chi connectivity index (χ0) is 11.3. The van der Waals surface area contributed by atoms with Gasteiger partial charge in [-0.3, -0.25) is 4.79 Å². The van der Waals surface area contributed by atoms with Gasteiger partial charge in [0.2, 0.25) is 0 Å². The number of hydrogen-bond acceptors (Lipinski definition) is 4. The molecule has 4 nitrogen and oxygen atoms in total. The molecule has 0 saturated heterocycles. The molecule has 0 bridgehead atoms. The number of anilines is 1. The first kappa shape index (κ1) is 11.8. The first-order valence-electron chi connectivity index (χ1n) is 4.53. The van der Waals surface area contributed by atoms with E-state index >= 15 is 0 Å². The van der Waals surface area contributed by atoms with E-state index in [2.05, 4.69) is 9.72 Å². The van der Waals surface area contributed by atoms with Crippen molar-refractivity contribution in [2.24, 2.45) is 0 Å². The van der Waals surface area contributed by atoms with Crippen molar-refractivity contribution >= 4 is 23.4 Å². The molecular formula is C10H13ClN2O2. The van der Waals surface area contributed by atoms with Gasteiger partial charge >= 0.3 is 5.97 Å². The lowest BCUT2D eigenvalue weighted by Crippen LogP contribution is -2.22. The number of hydrogen-bond donors (Lipinski definition) is 0. The molecular weight excluding hydrogens is 216 g/mol. The fourth-order valence-electron chi connectivity index (χ4n) is 1.07. The maximum absolute atomic E-state index is 10.9. The van der Waals surface area contributed by atoms with E-state index in [4.69, 9.17) is 11.6 Å². The van der Waals surface area contributed by atoms with Crippen molar-refractivity contribution in [3.63, 3.8) is 0 Å². The number of esters is 1. The average molecular weight is 229 g/mol. The van der Waals surface area contributed by atoms with Gasteiger partial charge in [0.1, 0.15) is 5.82 Å². The van der Waals surface area contributed by atoms with Crippen LogP contribution in [0.15, 0.2) is 18.3 Å². The van der Waals surface area contributed by atoms with Crippen molar-refractivity contribution < 1.29 is 9.53 Å². The maximum Gasteiger partial charge on any atom is 0.307 e. The van der Waals surface area contributed by atoms with Crippen LogP contribution in [-0.2, 0) is 9.53 Å². The van der Waals surface area contributed by atoms with Gasteiger partial charge in [-0.15, -0.1) is 0 Å². The first-order valence-corrected chi connectivity index (χ1v) is 4.91. The van der Waals surface area contributed by atoms with Gasteiger partial charge in [-0.25, -0.2) is 4.98 Å². The van der Waals surface area contributed by atoms with E-state index in [0.717, 1.165) is 5.82 Å². The highest BCUT2D eigenvalue weighted by Gasteiger charge is 2.05. The summed E-state index contributed by atoms with van der Waals surface area (Å²) < 4.78 is 4.55. The zero-order valence-corrected chi connectivity index (χ0v) is 9.49. The molecule has 0 unspecified atom stereocenters. The first-order chi connectivity index (χ1) is 7.13. The van der Waals surface area contributed by atoms with E-state index in [1.54, 1.807) is 18.3 Å². The van der Waals surface area contributed by atoms with Crippen molar-refractivity contribution in [2.45, 2.75) is 6.42 Å². The second-order valence-electron chi connectivity index (χ2n) is 3.08. The van der Waals surface area contributed by atoms with Gasteiger partial charge in [0.25, 0.3) is 0 Å². The van der Waals surface area contributed by atoms with Gasteiger partial charge in [0, 0.05) is 19.8 Å². The Hall–Kier alpha value is -1.29. The van der Waals surface area contributed by atoms with Crippen LogP contribution in [0.2, 0.25) is 5.02 Å². The molecule has 1 heterocycles. The van der Waals surface area contributed by atoms with Crippen LogP contribution in [0, 0.1) is 0 Å². The standard InChI is InChI=1S/C10H13ClN2O2/c1-13(6-5-10(14)15-2)9-4-3-8(11)7-12-9/h3-4,7H,5-6H2,1-2H3. The van der Waals surface area contributed by atoms with Crippen LogP contribution in [-0.4, -0.2) is 31.7 Å². The summed E-state index contributed by atoms with van der Waals surface area (Å²) in [5.74, 6) is 0.555. The number of rotatable bonds is 4. The Morgan fingerprint density at radius 2 is 2.33 bits per heavy atom. The van der Waals surface area contributed by atoms with E-state index in [1.165, 1.54) is 7.11 Å². The van der Waals surface area contributed by atoms with Crippen LogP contribution >= 0.6 is 11.6 Å². The summed E-state index contributed by atoms with van der Waals surface area (Å²) in [6, 6.07) is 3.57. The topological polar surface area (TPSA) is 42.4 Å². The number of carbonyl (C=O) groups is 1. The van der Waals surface area contributed by atoms with Crippen LogP contribution in [0.1, 0.15) is 6.42 Å². The van der Waals surface area contributed by atoms with Gasteiger partial charge in [0.15, 0.2) is 0 Å². The van der Waals surface area contributed by atoms with Crippen LogP contribution in [0.4, 0.5) is 5.82 Å². The summed E-state index contributed by atoms with van der Waals surface area (Å²) in [6.45, 7) is 0.571. The Balaban J connectivity index is 2.50. The quantitative estimate of drug-likeness (QED) is 0.737. The Kier molecular flexibility index (Phi) is 4.37. The molecule has 15 heavy (non-hydrogen) atoms. The average Bonchev–Trinajstić information content (AvgIpc) is 2.26. The van der Waals surface area contributed by atoms with Gasteiger partial charge < -0.3 is 9.64 Å². The Morgan fingerprint density at radius 3 is 2.87 bits per heavy atom. The summed E-state index contributed by atoms with van der Waals surface area (Å²) in [5, 5.41) is 0.597. The molecule has 0 aromatic carbocycles. The minimum Gasteiger partial charge on any atom is -0.469 e. The molecule has 0 aliphatic carbocycles. The molecule has 0 amide bonds. The predicted molar refractivity (Wildman–Crippen MR) is 59.2 cm³/mol. The molecule has 0 N–H and O–H groups in total. The third-order valence-corrected chi connectivity index (χ3v) is 2.21. The second kappa shape index (κ2) is 5.56. The molecule has 0 fully saturated rings. The highest BCUT2D eigenvalue weighted by Crippen LogP contribution is 2.12. The molecule has 0 atom stereocenters. The van der Waals surface area contributed by atoms with E-state index in [-0.39, 0.29) is 5.97 Å². The van der Waals surface area contributed by atoms with Gasteiger partial charge in [-0.05, 0) is 12.1 Å². The lowest BCUT2D eigenvalue weighted by molar-refractivity contribution is -0.140. The fourth-order valence-corrected chi connectivity index (χ4v) is 1.18. The van der Waals surface area contributed by atoms with E-state index in [0.29, 0.717) is 18.0 Å². The van der Waals surface area contributed by atoms with Gasteiger partial charge in [-0.1, -0.05) is 11.6 Å². The van der Waals surface area contributed by atoms with E-state index in [9.17, 15) is 4.79 Å². The maximum atomic E-state index is 10.9. The van der Waals surface area contributed by atoms with Crippen molar-refractivity contribution in [1.29, 1.82) is 0 Å². The number of pyridine rings is 1. The second-order valence-corrected chi connectivity index (χ2v) is 3.52. The number of halogens is 1. The molecule has 0 aliphatic heterocycles. The smallest absolute Gasteiger partial charge is 0.307 e. The zero-order valence-electron chi connectivity index (χ0n) is 8.74. The Bertz CT molecular complexity index is 327. The molecule has 82 valence electrons. The highest BCUT2D eigenvalue weighted by molar-refractivity contribution is 6.30. The monoisotopic (exact) mass is 228 g/mol. The van der Waals surface area contributed by atoms with Crippen LogP contribution in [0.25, 0.3) is 0 Å². The minimum absolute atomic E-state index is 0.226. The molecule has 0 saturated carbocycles. The highest BCUT2D eigenvalue weighted by atomic mass is 35.5. The normalized spacial score (nSPS) is 9.80. The molecule has 0 spiro atoms. The summed E-state index contributed by atoms with van der Waals surface area (Å²) in [5.41, 5.74) is 0. The van der Waals surface area contributed by atoms with Gasteiger partial charge in [-0.2, -0.15) is 0 Å². The van der Waals surface area contributed by atoms with Crippen molar-refractivity contribution in [2.75, 3.05) is 25.6 Å². The number of carbonyl (C=O) groups excluding carboxylic acids is 1. The van der Waals surface area contributed by atoms with Crippen LogP contribution in [0.5, 0.6) is 0 Å². The number of nitrogens with zero attached hydrogens (tertiary/aromatic N) is 2. The Labute approximate surface area is 93.8 Å². The number of ether oxygens (including phenoxy) is 1. The SMILES string of the molecule is COC(=O)CCN(C)c1ccc(Cl)cn1. The van der Waals surface area contributed by atoms with Crippen molar-refractivity contribution in [1.82, 2.24) is 4.98 Å². The molecule has 0 radical (unpaired) electrons. The molecule has 5 heteroatoms. The lowest BCUT2D eigenvalue weighted by Gasteiger charge is -2.16. The van der Waals surface area contributed by atoms with Crippen molar-refractivity contribution in [3.8, 4) is 0 Å². The van der Waals surface area contributed by atoms with Crippen molar-refractivity contribution in [3.05, 3.63) is 23.4 Å². The molecule has 0 aliphatic rings. The Morgan fingerprint density at radius 1 is 1.60 bits per heavy atom. The largest absolute Gasteiger partial charge is 0.469 e. The van der Waals surface area contributed by atoms with E-state index < -0.39 is 0 Å². The van der Waals surface area contributed by atoms with Crippen LogP contribution in [0.3, 0.4) is 0 Å². The van der Waals surface area contributed by atoms with Crippen LogP contribution < -0.4 is 4.90 Å². The third-order valence-electron chi connectivity index (χ3n) is 1.98.